The first kappa shape index (κ1) is 12.0. The highest BCUT2D eigenvalue weighted by Crippen LogP contribution is 2.59. The molecule has 5 rings (SSSR count). The maximum Gasteiger partial charge on any atom is 0.315 e. The molecule has 0 aromatic rings. The zero-order valence-corrected chi connectivity index (χ0v) is 12.0. The molecule has 0 aromatic carbocycles. The molecule has 5 fully saturated rings. The molecule has 3 heteroatoms. The molecular formula is C16H26N2O. The molecule has 2 N–H and O–H groups in total. The highest BCUT2D eigenvalue weighted by atomic mass is 16.2. The number of amides is 2. The summed E-state index contributed by atoms with van der Waals surface area (Å²) < 4.78 is 0. The van der Waals surface area contributed by atoms with Crippen LogP contribution in [0.25, 0.3) is 0 Å². The molecular weight excluding hydrogens is 236 g/mol. The fourth-order valence-electron chi connectivity index (χ4n) is 5.52. The van der Waals surface area contributed by atoms with Crippen LogP contribution in [0.5, 0.6) is 0 Å². The Kier molecular flexibility index (Phi) is 2.62. The summed E-state index contributed by atoms with van der Waals surface area (Å²) in [6, 6.07) is 0.515. The van der Waals surface area contributed by atoms with Crippen molar-refractivity contribution in [3.63, 3.8) is 0 Å². The zero-order valence-electron chi connectivity index (χ0n) is 12.0. The Morgan fingerprint density at radius 2 is 1.58 bits per heavy atom. The average molecular weight is 262 g/mol. The van der Waals surface area contributed by atoms with Crippen LogP contribution in [0.1, 0.15) is 51.9 Å². The van der Waals surface area contributed by atoms with E-state index in [9.17, 15) is 4.79 Å². The lowest BCUT2D eigenvalue weighted by atomic mass is 9.49. The highest BCUT2D eigenvalue weighted by molar-refractivity contribution is 5.74. The minimum absolute atomic E-state index is 0.0742. The second-order valence-corrected chi connectivity index (χ2v) is 8.06. The number of carbonyl (C=O) groups excluding carboxylic acids is 1. The topological polar surface area (TPSA) is 41.1 Å². The predicted molar refractivity (Wildman–Crippen MR) is 74.7 cm³/mol. The van der Waals surface area contributed by atoms with E-state index in [1.165, 1.54) is 38.5 Å². The third-order valence-corrected chi connectivity index (χ3v) is 6.21. The second kappa shape index (κ2) is 4.13. The second-order valence-electron chi connectivity index (χ2n) is 8.06. The SMILES string of the molecule is C[C@H]1C[C@@H]1NC(=O)NCC12CC3CC(CC(C3)C1)C2. The fourth-order valence-corrected chi connectivity index (χ4v) is 5.52. The summed E-state index contributed by atoms with van der Waals surface area (Å²) in [6.45, 7) is 3.12. The van der Waals surface area contributed by atoms with E-state index in [1.54, 1.807) is 0 Å². The Labute approximate surface area is 115 Å². The Balaban J connectivity index is 1.33. The summed E-state index contributed by atoms with van der Waals surface area (Å²) in [7, 11) is 0. The lowest BCUT2D eigenvalue weighted by Gasteiger charge is -2.56. The van der Waals surface area contributed by atoms with E-state index in [2.05, 4.69) is 17.6 Å². The van der Waals surface area contributed by atoms with Crippen LogP contribution in [0.15, 0.2) is 0 Å². The van der Waals surface area contributed by atoms with E-state index in [-0.39, 0.29) is 6.03 Å². The largest absolute Gasteiger partial charge is 0.338 e. The van der Waals surface area contributed by atoms with Gasteiger partial charge in [-0.05, 0) is 74.0 Å². The van der Waals surface area contributed by atoms with Gasteiger partial charge in [-0.15, -0.1) is 0 Å². The summed E-state index contributed by atoms with van der Waals surface area (Å²) in [5, 5.41) is 6.27. The van der Waals surface area contributed by atoms with Crippen molar-refractivity contribution in [2.75, 3.05) is 6.54 Å². The average Bonchev–Trinajstić information content (AvgIpc) is 3.01. The third kappa shape index (κ3) is 2.25. The van der Waals surface area contributed by atoms with Gasteiger partial charge in [-0.2, -0.15) is 0 Å². The fraction of sp³-hybridized carbons (Fsp3) is 0.938. The molecule has 2 atom stereocenters. The van der Waals surface area contributed by atoms with Gasteiger partial charge in [-0.3, -0.25) is 0 Å². The molecule has 0 unspecified atom stereocenters. The van der Waals surface area contributed by atoms with Crippen molar-refractivity contribution in [1.82, 2.24) is 10.6 Å². The molecule has 2 amide bonds. The predicted octanol–water partition coefficient (Wildman–Crippen LogP) is 2.91. The van der Waals surface area contributed by atoms with E-state index < -0.39 is 0 Å². The van der Waals surface area contributed by atoms with Crippen LogP contribution in [0.2, 0.25) is 0 Å². The van der Waals surface area contributed by atoms with Gasteiger partial charge in [0.2, 0.25) is 0 Å². The van der Waals surface area contributed by atoms with Gasteiger partial charge in [-0.1, -0.05) is 6.92 Å². The molecule has 5 aliphatic rings. The zero-order chi connectivity index (χ0) is 13.0. The highest BCUT2D eigenvalue weighted by Gasteiger charge is 2.50. The summed E-state index contributed by atoms with van der Waals surface area (Å²) in [4.78, 5) is 11.9. The van der Waals surface area contributed by atoms with Crippen molar-refractivity contribution in [3.8, 4) is 0 Å². The molecule has 5 saturated carbocycles. The van der Waals surface area contributed by atoms with Gasteiger partial charge in [-0.25, -0.2) is 4.79 Å². The molecule has 0 radical (unpaired) electrons. The van der Waals surface area contributed by atoms with Gasteiger partial charge < -0.3 is 10.6 Å². The number of hydrogen-bond acceptors (Lipinski definition) is 1. The maximum absolute atomic E-state index is 11.9. The van der Waals surface area contributed by atoms with Crippen LogP contribution in [0, 0.1) is 29.1 Å². The smallest absolute Gasteiger partial charge is 0.315 e. The molecule has 0 saturated heterocycles. The standard InChI is InChI=1S/C16H26N2O/c1-10-2-14(10)18-15(19)17-9-16-6-11-3-12(7-16)5-13(4-11)8-16/h10-14H,2-9H2,1H3,(H2,17,18,19)/t10-,11?,12?,13?,14-,16?/m0/s1. The molecule has 0 aromatic heterocycles. The van der Waals surface area contributed by atoms with E-state index in [4.69, 9.17) is 0 Å². The lowest BCUT2D eigenvalue weighted by Crippen LogP contribution is -2.52. The number of hydrogen-bond donors (Lipinski definition) is 2. The van der Waals surface area contributed by atoms with Gasteiger partial charge in [0.05, 0.1) is 0 Å². The monoisotopic (exact) mass is 262 g/mol. The molecule has 0 spiro atoms. The number of nitrogens with one attached hydrogen (secondary N) is 2. The van der Waals surface area contributed by atoms with Gasteiger partial charge in [0.15, 0.2) is 0 Å². The molecule has 19 heavy (non-hydrogen) atoms. The Morgan fingerprint density at radius 3 is 2.05 bits per heavy atom. The van der Waals surface area contributed by atoms with Gasteiger partial charge in [0.1, 0.15) is 0 Å². The lowest BCUT2D eigenvalue weighted by molar-refractivity contribution is -0.0498. The summed E-state index contributed by atoms with van der Waals surface area (Å²) in [5.74, 6) is 3.60. The van der Waals surface area contributed by atoms with Crippen molar-refractivity contribution in [1.29, 1.82) is 0 Å². The van der Waals surface area contributed by atoms with Gasteiger partial charge in [0.25, 0.3) is 0 Å². The van der Waals surface area contributed by atoms with Crippen molar-refractivity contribution in [2.45, 2.75) is 57.9 Å². The summed E-state index contributed by atoms with van der Waals surface area (Å²) in [6.07, 6.45) is 9.71. The van der Waals surface area contributed by atoms with Gasteiger partial charge in [0, 0.05) is 12.6 Å². The number of urea groups is 1. The van der Waals surface area contributed by atoms with E-state index in [0.29, 0.717) is 17.4 Å². The Hall–Kier alpha value is -0.730. The van der Waals surface area contributed by atoms with Crippen LogP contribution in [-0.4, -0.2) is 18.6 Å². The number of carbonyl (C=O) groups is 1. The molecule has 0 heterocycles. The van der Waals surface area contributed by atoms with E-state index >= 15 is 0 Å². The maximum atomic E-state index is 11.9. The normalized spacial score (nSPS) is 50.1. The molecule has 4 bridgehead atoms. The van der Waals surface area contributed by atoms with Crippen LogP contribution < -0.4 is 10.6 Å². The van der Waals surface area contributed by atoms with Crippen molar-refractivity contribution in [2.24, 2.45) is 29.1 Å². The molecule has 106 valence electrons. The van der Waals surface area contributed by atoms with Crippen LogP contribution in [-0.2, 0) is 0 Å². The van der Waals surface area contributed by atoms with Crippen molar-refractivity contribution in [3.05, 3.63) is 0 Å². The minimum atomic E-state index is 0.0742. The molecule has 0 aliphatic heterocycles. The van der Waals surface area contributed by atoms with Crippen LogP contribution >= 0.6 is 0 Å². The summed E-state index contributed by atoms with van der Waals surface area (Å²) >= 11 is 0. The quantitative estimate of drug-likeness (QED) is 0.806. The minimum Gasteiger partial charge on any atom is -0.338 e. The molecule has 5 aliphatic carbocycles. The van der Waals surface area contributed by atoms with Crippen molar-refractivity contribution >= 4 is 6.03 Å². The van der Waals surface area contributed by atoms with E-state index in [1.807, 2.05) is 0 Å². The first-order chi connectivity index (χ1) is 9.12. The Bertz CT molecular complexity index is 357. The van der Waals surface area contributed by atoms with Crippen LogP contribution in [0.4, 0.5) is 4.79 Å². The first-order valence-electron chi connectivity index (χ1n) is 8.16. The number of rotatable bonds is 3. The van der Waals surface area contributed by atoms with Gasteiger partial charge >= 0.3 is 6.03 Å². The van der Waals surface area contributed by atoms with E-state index in [0.717, 1.165) is 30.7 Å². The summed E-state index contributed by atoms with van der Waals surface area (Å²) in [5.41, 5.74) is 0.460. The van der Waals surface area contributed by atoms with Crippen molar-refractivity contribution < 1.29 is 4.79 Å². The molecule has 3 nitrogen and oxygen atoms in total. The third-order valence-electron chi connectivity index (χ3n) is 6.21. The Morgan fingerprint density at radius 1 is 1.05 bits per heavy atom. The van der Waals surface area contributed by atoms with Crippen LogP contribution in [0.3, 0.4) is 0 Å². The first-order valence-corrected chi connectivity index (χ1v) is 8.16.